The van der Waals surface area contributed by atoms with Crippen LogP contribution in [0, 0.1) is 0 Å². The molecular formula is C16H32B2N2O3+2. The number of aliphatic hydroxyl groups is 2. The average Bonchev–Trinajstić information content (AvgIpc) is 2.48. The number of Topliss-reactive ketones (excluding diaryl/α,β-unsaturated/α-hetero) is 1. The smallest absolute Gasteiger partial charge is 0.396 e. The molecule has 2 rings (SSSR count). The van der Waals surface area contributed by atoms with E-state index in [0.717, 1.165) is 39.0 Å². The van der Waals surface area contributed by atoms with Gasteiger partial charge in [0.25, 0.3) is 0 Å². The lowest BCUT2D eigenvalue weighted by molar-refractivity contribution is -0.828. The van der Waals surface area contributed by atoms with E-state index in [1.165, 1.54) is 0 Å². The van der Waals surface area contributed by atoms with Gasteiger partial charge in [-0.3, -0.25) is 4.79 Å². The minimum Gasteiger partial charge on any atom is -0.396 e. The average molecular weight is 322 g/mol. The van der Waals surface area contributed by atoms with Gasteiger partial charge in [-0.1, -0.05) is 13.8 Å². The number of nitrogens with zero attached hydrogens (tertiary/aromatic N) is 2. The quantitative estimate of drug-likeness (QED) is 0.583. The molecule has 0 bridgehead atoms. The number of quaternary nitrogens is 2. The molecule has 0 atom stereocenters. The molecule has 2 fully saturated rings. The van der Waals surface area contributed by atoms with Gasteiger partial charge in [-0.2, -0.15) is 0 Å². The van der Waals surface area contributed by atoms with E-state index < -0.39 is 5.79 Å². The molecule has 23 heavy (non-hydrogen) atoms. The van der Waals surface area contributed by atoms with Crippen LogP contribution in [-0.2, 0) is 4.79 Å². The highest BCUT2D eigenvalue weighted by molar-refractivity contribution is 5.98. The van der Waals surface area contributed by atoms with E-state index in [1.807, 2.05) is 0 Å². The number of rotatable bonds is 4. The van der Waals surface area contributed by atoms with Gasteiger partial charge in [0.05, 0.1) is 52.1 Å². The van der Waals surface area contributed by atoms with Gasteiger partial charge in [-0.05, 0) is 12.8 Å². The van der Waals surface area contributed by atoms with Crippen LogP contribution in [0.25, 0.3) is 0 Å². The van der Waals surface area contributed by atoms with Crippen LogP contribution >= 0.6 is 0 Å². The molecular weight excluding hydrogens is 290 g/mol. The molecule has 2 N–H and O–H groups in total. The van der Waals surface area contributed by atoms with Gasteiger partial charge in [0.15, 0.2) is 5.79 Å². The summed E-state index contributed by atoms with van der Waals surface area (Å²) in [5, 5.41) is 18.5. The summed E-state index contributed by atoms with van der Waals surface area (Å²) in [6, 6.07) is 0. The molecule has 2 saturated heterocycles. The van der Waals surface area contributed by atoms with Crippen molar-refractivity contribution in [2.75, 3.05) is 39.3 Å². The zero-order valence-corrected chi connectivity index (χ0v) is 14.8. The van der Waals surface area contributed by atoms with Gasteiger partial charge >= 0.3 is 16.0 Å². The Morgan fingerprint density at radius 3 is 1.70 bits per heavy atom. The van der Waals surface area contributed by atoms with Crippen LogP contribution in [0.3, 0.4) is 0 Å². The van der Waals surface area contributed by atoms with E-state index in [1.54, 1.807) is 0 Å². The third kappa shape index (κ3) is 7.38. The molecule has 2 heterocycles. The van der Waals surface area contributed by atoms with Crippen molar-refractivity contribution in [2.45, 2.75) is 58.2 Å². The summed E-state index contributed by atoms with van der Waals surface area (Å²) < 4.78 is 1.11. The fourth-order valence-corrected chi connectivity index (χ4v) is 3.31. The van der Waals surface area contributed by atoms with E-state index in [2.05, 4.69) is 13.8 Å². The first kappa shape index (κ1) is 20.7. The standard InChI is InChI=1S/C8H17BNO2.C8H15BNO/c1-2-5-10(9)6-3-8(11,12)4-7-10;1-2-5-10(9)6-3-8(11)4-7-10/h11-12H,2-7H2,1H3;2-7H2,1H3/q2*+1. The Morgan fingerprint density at radius 2 is 1.30 bits per heavy atom. The Morgan fingerprint density at radius 1 is 0.913 bits per heavy atom. The molecule has 0 aromatic rings. The molecule has 2 aliphatic heterocycles. The van der Waals surface area contributed by atoms with Crippen molar-refractivity contribution in [3.63, 3.8) is 0 Å². The maximum absolute atomic E-state index is 10.9. The van der Waals surface area contributed by atoms with Gasteiger partial charge in [0.1, 0.15) is 5.78 Å². The molecule has 128 valence electrons. The number of piperidine rings is 2. The van der Waals surface area contributed by atoms with E-state index in [-0.39, 0.29) is 0 Å². The van der Waals surface area contributed by atoms with Crippen molar-refractivity contribution in [1.82, 2.24) is 0 Å². The van der Waals surface area contributed by atoms with Gasteiger partial charge in [-0.15, -0.1) is 0 Å². The molecule has 0 amide bonds. The van der Waals surface area contributed by atoms with Crippen LogP contribution in [-0.4, -0.2) is 85.8 Å². The van der Waals surface area contributed by atoms with Crippen molar-refractivity contribution < 1.29 is 23.8 Å². The highest BCUT2D eigenvalue weighted by Gasteiger charge is 2.36. The largest absolute Gasteiger partial charge is 0.481 e. The second-order valence-corrected chi connectivity index (χ2v) is 7.30. The van der Waals surface area contributed by atoms with Crippen molar-refractivity contribution in [3.05, 3.63) is 0 Å². The van der Waals surface area contributed by atoms with E-state index in [4.69, 9.17) is 16.0 Å². The lowest BCUT2D eigenvalue weighted by Gasteiger charge is -2.43. The van der Waals surface area contributed by atoms with Crippen LogP contribution < -0.4 is 0 Å². The molecule has 0 aliphatic carbocycles. The maximum Gasteiger partial charge on any atom is 0.481 e. The number of likely N-dealkylation sites (tertiary alicyclic amines) is 2. The lowest BCUT2D eigenvalue weighted by atomic mass is 9.96. The zero-order chi connectivity index (χ0) is 17.6. The van der Waals surface area contributed by atoms with Crippen molar-refractivity contribution in [1.29, 1.82) is 0 Å². The first-order valence-electron chi connectivity index (χ1n) is 8.89. The summed E-state index contributed by atoms with van der Waals surface area (Å²) in [5.74, 6) is -1.09. The van der Waals surface area contributed by atoms with E-state index >= 15 is 0 Å². The van der Waals surface area contributed by atoms with Crippen molar-refractivity contribution in [2.24, 2.45) is 0 Å². The Kier molecular flexibility index (Phi) is 7.78. The van der Waals surface area contributed by atoms with Crippen LogP contribution in [0.1, 0.15) is 52.4 Å². The van der Waals surface area contributed by atoms with Crippen molar-refractivity contribution >= 4 is 21.7 Å². The van der Waals surface area contributed by atoms with E-state index in [0.29, 0.717) is 53.3 Å². The van der Waals surface area contributed by atoms with Crippen molar-refractivity contribution in [3.8, 4) is 0 Å². The minimum atomic E-state index is -1.46. The highest BCUT2D eigenvalue weighted by atomic mass is 16.5. The van der Waals surface area contributed by atoms with E-state index in [9.17, 15) is 15.0 Å². The zero-order valence-electron chi connectivity index (χ0n) is 14.8. The molecule has 4 radical (unpaired) electrons. The third-order valence-electron chi connectivity index (χ3n) is 4.92. The second-order valence-electron chi connectivity index (χ2n) is 7.30. The van der Waals surface area contributed by atoms with Gasteiger partial charge in [0, 0.05) is 12.8 Å². The summed E-state index contributed by atoms with van der Waals surface area (Å²) in [6.45, 7) is 9.17. The number of carbonyl (C=O) groups is 1. The van der Waals surface area contributed by atoms with Crippen LogP contribution in [0.15, 0.2) is 0 Å². The number of hydrogen-bond donors (Lipinski definition) is 2. The first-order valence-corrected chi connectivity index (χ1v) is 8.89. The van der Waals surface area contributed by atoms with Gasteiger partial charge in [-0.25, -0.2) is 0 Å². The first-order chi connectivity index (χ1) is 10.6. The molecule has 0 saturated carbocycles. The summed E-state index contributed by atoms with van der Waals surface area (Å²) in [5.41, 5.74) is 0. The van der Waals surface area contributed by atoms with Gasteiger partial charge in [0.2, 0.25) is 0 Å². The van der Waals surface area contributed by atoms with Crippen LogP contribution in [0.4, 0.5) is 0 Å². The number of ketones is 1. The summed E-state index contributed by atoms with van der Waals surface area (Å²) in [4.78, 5) is 10.9. The molecule has 7 heteroatoms. The Labute approximate surface area is 143 Å². The van der Waals surface area contributed by atoms with Gasteiger partial charge < -0.3 is 19.0 Å². The van der Waals surface area contributed by atoms with Crippen LogP contribution in [0.2, 0.25) is 0 Å². The summed E-state index contributed by atoms with van der Waals surface area (Å²) >= 11 is 0. The Balaban J connectivity index is 0.000000231. The molecule has 0 spiro atoms. The normalized spacial score (nSPS) is 25.3. The fourth-order valence-electron chi connectivity index (χ4n) is 3.31. The summed E-state index contributed by atoms with van der Waals surface area (Å²) in [7, 11) is 12.0. The molecule has 0 aromatic carbocycles. The number of carbonyl (C=O) groups excluding carboxylic acids is 1. The monoisotopic (exact) mass is 322 g/mol. The maximum atomic E-state index is 10.9. The number of hydrogen-bond acceptors (Lipinski definition) is 3. The van der Waals surface area contributed by atoms with Crippen LogP contribution in [0.5, 0.6) is 0 Å². The Bertz CT molecular complexity index is 372. The molecule has 0 aromatic heterocycles. The topological polar surface area (TPSA) is 57.5 Å². The predicted molar refractivity (Wildman–Crippen MR) is 92.5 cm³/mol. The Hall–Kier alpha value is -0.360. The lowest BCUT2D eigenvalue weighted by Crippen LogP contribution is -2.56. The minimum absolute atomic E-state index is 0.375. The summed E-state index contributed by atoms with van der Waals surface area (Å²) in [6.07, 6.45) is 4.28. The highest BCUT2D eigenvalue weighted by Crippen LogP contribution is 2.23. The third-order valence-corrected chi connectivity index (χ3v) is 4.92. The second kappa shape index (κ2) is 8.65. The molecule has 0 unspecified atom stereocenters. The predicted octanol–water partition coefficient (Wildman–Crippen LogP) is 0.431. The molecule has 2 aliphatic rings. The fraction of sp³-hybridized carbons (Fsp3) is 0.938. The SMILES string of the molecule is [B][N+]1(CCC)CCC(=O)CC1.[B][N+]1(CCC)CCC(O)(O)CC1. The molecule has 5 nitrogen and oxygen atoms in total.